The van der Waals surface area contributed by atoms with Crippen LogP contribution >= 0.6 is 27.5 Å². The quantitative estimate of drug-likeness (QED) is 0.730. The third kappa shape index (κ3) is 2.96. The van der Waals surface area contributed by atoms with Crippen LogP contribution in [0.25, 0.3) is 0 Å². The molecule has 1 fully saturated rings. The summed E-state index contributed by atoms with van der Waals surface area (Å²) < 4.78 is 7.10. The molecule has 1 saturated heterocycles. The maximum atomic E-state index is 6.11. The van der Waals surface area contributed by atoms with Gasteiger partial charge in [-0.2, -0.15) is 0 Å². The number of rotatable bonds is 0. The van der Waals surface area contributed by atoms with Crippen LogP contribution in [0.4, 0.5) is 5.69 Å². The van der Waals surface area contributed by atoms with E-state index in [0.29, 0.717) is 10.8 Å². The second-order valence-corrected chi connectivity index (χ2v) is 6.88. The topological polar surface area (TPSA) is 36.9 Å². The van der Waals surface area contributed by atoms with Crippen LogP contribution in [0.2, 0.25) is 5.02 Å². The van der Waals surface area contributed by atoms with Crippen molar-refractivity contribution in [1.82, 2.24) is 10.2 Å². The first-order valence-corrected chi connectivity index (χ1v) is 8.69. The molecule has 4 rings (SSSR count). The number of halogens is 2. The summed E-state index contributed by atoms with van der Waals surface area (Å²) in [5, 5.41) is 4.02. The van der Waals surface area contributed by atoms with E-state index in [4.69, 9.17) is 21.3 Å². The van der Waals surface area contributed by atoms with E-state index in [0.717, 1.165) is 53.5 Å². The fraction of sp³-hybridized carbons (Fsp3) is 0.235. The summed E-state index contributed by atoms with van der Waals surface area (Å²) in [6.07, 6.45) is 0. The Labute approximate surface area is 148 Å². The van der Waals surface area contributed by atoms with Gasteiger partial charge in [-0.3, -0.25) is 0 Å². The largest absolute Gasteiger partial charge is 0.454 e. The Morgan fingerprint density at radius 1 is 1.09 bits per heavy atom. The van der Waals surface area contributed by atoms with Crippen LogP contribution in [-0.4, -0.2) is 36.9 Å². The van der Waals surface area contributed by atoms with Gasteiger partial charge < -0.3 is 15.0 Å². The van der Waals surface area contributed by atoms with Crippen LogP contribution in [0.15, 0.2) is 45.9 Å². The number of benzene rings is 2. The number of hydrogen-bond acceptors (Lipinski definition) is 4. The van der Waals surface area contributed by atoms with Gasteiger partial charge >= 0.3 is 0 Å². The third-order valence-electron chi connectivity index (χ3n) is 3.97. The van der Waals surface area contributed by atoms with Crippen molar-refractivity contribution in [3.05, 3.63) is 51.5 Å². The molecule has 0 saturated carbocycles. The minimum Gasteiger partial charge on any atom is -0.454 e. The number of amidine groups is 1. The SMILES string of the molecule is Clc1ccc2c(c1)Oc1ccc(Br)cc1C(N1CCNCC1)=N2. The van der Waals surface area contributed by atoms with Crippen molar-refractivity contribution in [3.8, 4) is 11.5 Å². The van der Waals surface area contributed by atoms with Gasteiger partial charge in [0.05, 0.1) is 5.56 Å². The standard InChI is InChI=1S/C17H15BrClN3O/c18-11-1-4-15-13(9-11)17(22-7-5-20-6-8-22)21-14-3-2-12(19)10-16(14)23-15/h1-4,9-10,20H,5-8H2. The average Bonchev–Trinajstić information content (AvgIpc) is 2.72. The zero-order chi connectivity index (χ0) is 15.8. The third-order valence-corrected chi connectivity index (χ3v) is 4.70. The molecule has 0 bridgehead atoms. The summed E-state index contributed by atoms with van der Waals surface area (Å²) in [4.78, 5) is 7.20. The molecule has 0 aromatic heterocycles. The monoisotopic (exact) mass is 391 g/mol. The number of nitrogens with one attached hydrogen (secondary N) is 1. The molecule has 0 atom stereocenters. The molecule has 0 aliphatic carbocycles. The van der Waals surface area contributed by atoms with E-state index in [-0.39, 0.29) is 0 Å². The molecular formula is C17H15BrClN3O. The van der Waals surface area contributed by atoms with E-state index in [1.807, 2.05) is 30.3 Å². The van der Waals surface area contributed by atoms with Crippen molar-refractivity contribution in [2.45, 2.75) is 0 Å². The predicted octanol–water partition coefficient (Wildman–Crippen LogP) is 4.19. The predicted molar refractivity (Wildman–Crippen MR) is 96.3 cm³/mol. The number of fused-ring (bicyclic) bond motifs is 2. The van der Waals surface area contributed by atoms with Gasteiger partial charge in [0.1, 0.15) is 17.3 Å². The average molecular weight is 393 g/mol. The highest BCUT2D eigenvalue weighted by molar-refractivity contribution is 9.10. The van der Waals surface area contributed by atoms with E-state index < -0.39 is 0 Å². The van der Waals surface area contributed by atoms with Gasteiger partial charge in [-0.1, -0.05) is 27.5 Å². The van der Waals surface area contributed by atoms with Gasteiger partial charge in [-0.05, 0) is 30.3 Å². The lowest BCUT2D eigenvalue weighted by Gasteiger charge is -2.30. The lowest BCUT2D eigenvalue weighted by Crippen LogP contribution is -2.46. The van der Waals surface area contributed by atoms with Gasteiger partial charge in [-0.25, -0.2) is 4.99 Å². The first-order chi connectivity index (χ1) is 11.2. The second-order valence-electron chi connectivity index (χ2n) is 5.53. The summed E-state index contributed by atoms with van der Waals surface area (Å²) in [6.45, 7) is 3.76. The Balaban J connectivity index is 1.89. The van der Waals surface area contributed by atoms with Crippen LogP contribution in [0.5, 0.6) is 11.5 Å². The highest BCUT2D eigenvalue weighted by Gasteiger charge is 2.24. The Morgan fingerprint density at radius 2 is 1.91 bits per heavy atom. The molecular weight excluding hydrogens is 378 g/mol. The molecule has 0 spiro atoms. The highest BCUT2D eigenvalue weighted by Crippen LogP contribution is 2.40. The molecule has 118 valence electrons. The van der Waals surface area contributed by atoms with Crippen LogP contribution in [-0.2, 0) is 0 Å². The number of aliphatic imine (C=N–C) groups is 1. The number of ether oxygens (including phenoxy) is 1. The number of piperazine rings is 1. The van der Waals surface area contributed by atoms with Crippen molar-refractivity contribution in [1.29, 1.82) is 0 Å². The lowest BCUT2D eigenvalue weighted by atomic mass is 10.1. The van der Waals surface area contributed by atoms with Crippen LogP contribution in [0.3, 0.4) is 0 Å². The molecule has 2 aliphatic rings. The molecule has 0 unspecified atom stereocenters. The summed E-state index contributed by atoms with van der Waals surface area (Å²) in [5.74, 6) is 2.43. The van der Waals surface area contributed by atoms with Crippen LogP contribution < -0.4 is 10.1 Å². The zero-order valence-corrected chi connectivity index (χ0v) is 14.7. The number of hydrogen-bond donors (Lipinski definition) is 1. The molecule has 4 nitrogen and oxygen atoms in total. The van der Waals surface area contributed by atoms with Crippen molar-refractivity contribution < 1.29 is 4.74 Å². The molecule has 2 aromatic carbocycles. The Bertz CT molecular complexity index is 787. The molecule has 6 heteroatoms. The lowest BCUT2D eigenvalue weighted by molar-refractivity contribution is 0.357. The maximum absolute atomic E-state index is 6.11. The van der Waals surface area contributed by atoms with Crippen molar-refractivity contribution in [2.75, 3.05) is 26.2 Å². The maximum Gasteiger partial charge on any atom is 0.154 e. The fourth-order valence-corrected chi connectivity index (χ4v) is 3.36. The minimum atomic E-state index is 0.642. The Kier molecular flexibility index (Phi) is 4.01. The summed E-state index contributed by atoms with van der Waals surface area (Å²) >= 11 is 9.66. The minimum absolute atomic E-state index is 0.642. The van der Waals surface area contributed by atoms with Crippen LogP contribution in [0, 0.1) is 0 Å². The highest BCUT2D eigenvalue weighted by atomic mass is 79.9. The summed E-state index contributed by atoms with van der Waals surface area (Å²) in [5.41, 5.74) is 1.80. The van der Waals surface area contributed by atoms with Gasteiger partial charge in [0.15, 0.2) is 5.75 Å². The van der Waals surface area contributed by atoms with E-state index in [2.05, 4.69) is 32.2 Å². The molecule has 0 radical (unpaired) electrons. The Morgan fingerprint density at radius 3 is 2.74 bits per heavy atom. The smallest absolute Gasteiger partial charge is 0.154 e. The van der Waals surface area contributed by atoms with Gasteiger partial charge in [0.25, 0.3) is 0 Å². The van der Waals surface area contributed by atoms with E-state index >= 15 is 0 Å². The van der Waals surface area contributed by atoms with E-state index in [1.54, 1.807) is 0 Å². The van der Waals surface area contributed by atoms with Gasteiger partial charge in [0.2, 0.25) is 0 Å². The molecule has 0 amide bonds. The van der Waals surface area contributed by atoms with Gasteiger partial charge in [0, 0.05) is 41.7 Å². The van der Waals surface area contributed by atoms with E-state index in [9.17, 15) is 0 Å². The molecule has 2 aliphatic heterocycles. The van der Waals surface area contributed by atoms with Crippen molar-refractivity contribution in [3.63, 3.8) is 0 Å². The molecule has 23 heavy (non-hydrogen) atoms. The second kappa shape index (κ2) is 6.15. The van der Waals surface area contributed by atoms with E-state index in [1.165, 1.54) is 0 Å². The van der Waals surface area contributed by atoms with Crippen molar-refractivity contribution in [2.24, 2.45) is 4.99 Å². The molecule has 2 heterocycles. The fourth-order valence-electron chi connectivity index (χ4n) is 2.84. The summed E-state index contributed by atoms with van der Waals surface area (Å²) in [6, 6.07) is 11.6. The molecule has 1 N–H and O–H groups in total. The van der Waals surface area contributed by atoms with Crippen LogP contribution in [0.1, 0.15) is 5.56 Å². The Hall–Kier alpha value is -1.56. The molecule has 2 aromatic rings. The zero-order valence-electron chi connectivity index (χ0n) is 12.4. The number of nitrogens with zero attached hydrogens (tertiary/aromatic N) is 2. The first-order valence-electron chi connectivity index (χ1n) is 7.52. The first kappa shape index (κ1) is 15.0. The summed E-state index contributed by atoms with van der Waals surface area (Å²) in [7, 11) is 0. The normalized spacial score (nSPS) is 16.8. The van der Waals surface area contributed by atoms with Gasteiger partial charge in [-0.15, -0.1) is 0 Å². The van der Waals surface area contributed by atoms with Crippen molar-refractivity contribution >= 4 is 39.1 Å².